The minimum atomic E-state index is -0.572. The highest BCUT2D eigenvalue weighted by molar-refractivity contribution is 6.00. The smallest absolute Gasteiger partial charge is 0.246 e. The van der Waals surface area contributed by atoms with Gasteiger partial charge in [0.05, 0.1) is 18.1 Å². The van der Waals surface area contributed by atoms with E-state index >= 15 is 0 Å². The molecular formula is C16H17N3O2. The molecule has 1 aromatic carbocycles. The highest BCUT2D eigenvalue weighted by Crippen LogP contribution is 2.22. The van der Waals surface area contributed by atoms with Crippen LogP contribution < -0.4 is 5.73 Å². The van der Waals surface area contributed by atoms with Crippen molar-refractivity contribution >= 4 is 22.7 Å². The van der Waals surface area contributed by atoms with Crippen LogP contribution in [0.25, 0.3) is 10.9 Å². The number of imide groups is 1. The first-order valence-corrected chi connectivity index (χ1v) is 7.01. The quantitative estimate of drug-likeness (QED) is 0.848. The molecule has 5 heteroatoms. The first-order valence-electron chi connectivity index (χ1n) is 7.01. The first-order chi connectivity index (χ1) is 10.1. The van der Waals surface area contributed by atoms with E-state index in [9.17, 15) is 9.59 Å². The number of amides is 2. The Morgan fingerprint density at radius 1 is 1.33 bits per heavy atom. The summed E-state index contributed by atoms with van der Waals surface area (Å²) in [5.41, 5.74) is 8.43. The number of carbonyl (C=O) groups excluding carboxylic acids is 2. The topological polar surface area (TPSA) is 76.3 Å². The van der Waals surface area contributed by atoms with Crippen LogP contribution in [0.4, 0.5) is 0 Å². The van der Waals surface area contributed by atoms with Crippen molar-refractivity contribution in [1.82, 2.24) is 9.88 Å². The maximum Gasteiger partial charge on any atom is 0.246 e. The van der Waals surface area contributed by atoms with Crippen molar-refractivity contribution in [3.8, 4) is 0 Å². The van der Waals surface area contributed by atoms with Crippen molar-refractivity contribution in [2.75, 3.05) is 0 Å². The average molecular weight is 283 g/mol. The number of hydrogen-bond donors (Lipinski definition) is 1. The summed E-state index contributed by atoms with van der Waals surface area (Å²) < 4.78 is 0. The molecule has 1 aliphatic heterocycles. The maximum atomic E-state index is 12.1. The monoisotopic (exact) mass is 283 g/mol. The summed E-state index contributed by atoms with van der Waals surface area (Å²) in [4.78, 5) is 29.9. The molecule has 2 amide bonds. The molecule has 3 rings (SSSR count). The predicted octanol–water partition coefficient (Wildman–Crippen LogP) is 1.52. The van der Waals surface area contributed by atoms with E-state index in [1.54, 1.807) is 0 Å². The Bertz CT molecular complexity index is 727. The summed E-state index contributed by atoms with van der Waals surface area (Å²) in [6, 6.07) is 9.08. The summed E-state index contributed by atoms with van der Waals surface area (Å²) in [6.45, 7) is 2.16. The molecule has 2 N–H and O–H groups in total. The standard InChI is InChI=1S/C16H17N3O2/c1-10-8-11(12-4-2-3-5-14(12)18-10)9-19-15(20)7-6-13(17)16(19)21/h2-5,8,13H,6-7,9,17H2,1H3. The van der Waals surface area contributed by atoms with Gasteiger partial charge in [-0.2, -0.15) is 0 Å². The molecule has 1 saturated heterocycles. The Labute approximate surface area is 122 Å². The van der Waals surface area contributed by atoms with Crippen LogP contribution in [0.3, 0.4) is 0 Å². The van der Waals surface area contributed by atoms with Crippen LogP contribution in [-0.2, 0) is 16.1 Å². The lowest BCUT2D eigenvalue weighted by Gasteiger charge is -2.29. The second-order valence-corrected chi connectivity index (χ2v) is 5.40. The highest BCUT2D eigenvalue weighted by Gasteiger charge is 2.32. The third-order valence-electron chi connectivity index (χ3n) is 3.81. The maximum absolute atomic E-state index is 12.1. The van der Waals surface area contributed by atoms with Crippen LogP contribution in [-0.4, -0.2) is 27.7 Å². The van der Waals surface area contributed by atoms with E-state index in [-0.39, 0.29) is 18.4 Å². The molecule has 0 aliphatic carbocycles. The summed E-state index contributed by atoms with van der Waals surface area (Å²) >= 11 is 0. The number of aryl methyl sites for hydroxylation is 1. The predicted molar refractivity (Wildman–Crippen MR) is 79.2 cm³/mol. The largest absolute Gasteiger partial charge is 0.320 e. The first kappa shape index (κ1) is 13.7. The summed E-state index contributed by atoms with van der Waals surface area (Å²) in [5.74, 6) is -0.440. The average Bonchev–Trinajstić information content (AvgIpc) is 2.47. The van der Waals surface area contributed by atoms with Crippen molar-refractivity contribution in [3.05, 3.63) is 41.6 Å². The minimum Gasteiger partial charge on any atom is -0.320 e. The number of likely N-dealkylation sites (tertiary alicyclic amines) is 1. The lowest BCUT2D eigenvalue weighted by molar-refractivity contribution is -0.149. The van der Waals surface area contributed by atoms with Crippen LogP contribution in [0.15, 0.2) is 30.3 Å². The number of carbonyl (C=O) groups is 2. The van der Waals surface area contributed by atoms with E-state index in [2.05, 4.69) is 4.98 Å². The SMILES string of the molecule is Cc1cc(CN2C(=O)CCC(N)C2=O)c2ccccc2n1. The lowest BCUT2D eigenvalue weighted by Crippen LogP contribution is -2.50. The fourth-order valence-electron chi connectivity index (χ4n) is 2.72. The van der Waals surface area contributed by atoms with E-state index in [1.165, 1.54) is 4.90 Å². The molecule has 0 spiro atoms. The highest BCUT2D eigenvalue weighted by atomic mass is 16.2. The summed E-state index contributed by atoms with van der Waals surface area (Å²) in [7, 11) is 0. The molecule has 2 aromatic rings. The molecular weight excluding hydrogens is 266 g/mol. The van der Waals surface area contributed by atoms with Gasteiger partial charge in [0.25, 0.3) is 0 Å². The fourth-order valence-corrected chi connectivity index (χ4v) is 2.72. The zero-order chi connectivity index (χ0) is 15.0. The van der Waals surface area contributed by atoms with Crippen LogP contribution in [0, 0.1) is 6.92 Å². The molecule has 21 heavy (non-hydrogen) atoms. The Balaban J connectivity index is 2.01. The van der Waals surface area contributed by atoms with Gasteiger partial charge in [0, 0.05) is 17.5 Å². The molecule has 108 valence electrons. The number of hydrogen-bond acceptors (Lipinski definition) is 4. The Morgan fingerprint density at radius 3 is 2.90 bits per heavy atom. The summed E-state index contributed by atoms with van der Waals surface area (Å²) in [5, 5.41) is 0.961. The summed E-state index contributed by atoms with van der Waals surface area (Å²) in [6.07, 6.45) is 0.763. The van der Waals surface area contributed by atoms with Crippen LogP contribution >= 0.6 is 0 Å². The molecule has 0 radical (unpaired) electrons. The fraction of sp³-hybridized carbons (Fsp3) is 0.312. The third kappa shape index (κ3) is 2.52. The molecule has 5 nitrogen and oxygen atoms in total. The minimum absolute atomic E-state index is 0.153. The van der Waals surface area contributed by atoms with Gasteiger partial charge < -0.3 is 5.73 Å². The molecule has 1 aliphatic rings. The molecule has 0 bridgehead atoms. The van der Waals surface area contributed by atoms with Gasteiger partial charge in [-0.05, 0) is 31.0 Å². The van der Waals surface area contributed by atoms with Gasteiger partial charge >= 0.3 is 0 Å². The van der Waals surface area contributed by atoms with Crippen LogP contribution in [0.1, 0.15) is 24.1 Å². The lowest BCUT2D eigenvalue weighted by atomic mass is 10.0. The van der Waals surface area contributed by atoms with Gasteiger partial charge in [-0.25, -0.2) is 0 Å². The number of nitrogens with zero attached hydrogens (tertiary/aromatic N) is 2. The van der Waals surface area contributed by atoms with E-state index in [0.29, 0.717) is 12.8 Å². The number of pyridine rings is 1. The Morgan fingerprint density at radius 2 is 2.10 bits per heavy atom. The number of rotatable bonds is 2. The van der Waals surface area contributed by atoms with E-state index in [4.69, 9.17) is 5.73 Å². The number of fused-ring (bicyclic) bond motifs is 1. The van der Waals surface area contributed by atoms with E-state index in [0.717, 1.165) is 22.2 Å². The van der Waals surface area contributed by atoms with Crippen molar-refractivity contribution < 1.29 is 9.59 Å². The molecule has 1 unspecified atom stereocenters. The van der Waals surface area contributed by atoms with Gasteiger partial charge in [0.15, 0.2) is 0 Å². The van der Waals surface area contributed by atoms with Crippen molar-refractivity contribution in [2.24, 2.45) is 5.73 Å². The molecule has 2 heterocycles. The molecule has 1 fully saturated rings. The zero-order valence-corrected chi connectivity index (χ0v) is 11.9. The number of para-hydroxylation sites is 1. The van der Waals surface area contributed by atoms with E-state index < -0.39 is 6.04 Å². The molecule has 1 atom stereocenters. The number of nitrogens with two attached hydrogens (primary N) is 1. The van der Waals surface area contributed by atoms with Gasteiger partial charge in [-0.3, -0.25) is 19.5 Å². The second kappa shape index (κ2) is 5.26. The Hall–Kier alpha value is -2.27. The van der Waals surface area contributed by atoms with Crippen molar-refractivity contribution in [1.29, 1.82) is 0 Å². The van der Waals surface area contributed by atoms with Crippen LogP contribution in [0.5, 0.6) is 0 Å². The molecule has 0 saturated carbocycles. The number of benzene rings is 1. The number of aromatic nitrogens is 1. The zero-order valence-electron chi connectivity index (χ0n) is 11.9. The van der Waals surface area contributed by atoms with E-state index in [1.807, 2.05) is 37.3 Å². The van der Waals surface area contributed by atoms with Crippen molar-refractivity contribution in [3.63, 3.8) is 0 Å². The number of piperidine rings is 1. The Kier molecular flexibility index (Phi) is 3.43. The normalized spacial score (nSPS) is 19.3. The van der Waals surface area contributed by atoms with Gasteiger partial charge in [-0.15, -0.1) is 0 Å². The molecule has 1 aromatic heterocycles. The van der Waals surface area contributed by atoms with Gasteiger partial charge in [0.2, 0.25) is 11.8 Å². The van der Waals surface area contributed by atoms with Gasteiger partial charge in [-0.1, -0.05) is 18.2 Å². The van der Waals surface area contributed by atoms with Crippen molar-refractivity contribution in [2.45, 2.75) is 32.4 Å². The third-order valence-corrected chi connectivity index (χ3v) is 3.81. The van der Waals surface area contributed by atoms with Gasteiger partial charge in [0.1, 0.15) is 0 Å². The second-order valence-electron chi connectivity index (χ2n) is 5.40. The van der Waals surface area contributed by atoms with Crippen LogP contribution in [0.2, 0.25) is 0 Å².